The number of halogens is 3. The topological polar surface area (TPSA) is 25.4 Å². The number of benzene rings is 2. The molecule has 0 saturated heterocycles. The minimum atomic E-state index is -4.81. The fraction of sp³-hybridized carbons (Fsp3) is 0.0625. The van der Waals surface area contributed by atoms with Crippen LogP contribution in [0.3, 0.4) is 0 Å². The van der Waals surface area contributed by atoms with Gasteiger partial charge in [-0.05, 0) is 24.3 Å². The Bertz CT molecular complexity index is 770. The van der Waals surface area contributed by atoms with Crippen molar-refractivity contribution in [3.8, 4) is 0 Å². The zero-order valence-corrected chi connectivity index (χ0v) is 11.3. The number of para-hydroxylation sites is 2. The lowest BCUT2D eigenvalue weighted by Crippen LogP contribution is -2.27. The van der Waals surface area contributed by atoms with Crippen LogP contribution in [0.2, 0.25) is 0 Å². The van der Waals surface area contributed by atoms with Gasteiger partial charge in [0.15, 0.2) is 0 Å². The normalized spacial score (nSPS) is 11.6. The van der Waals surface area contributed by atoms with Crippen molar-refractivity contribution in [3.05, 3.63) is 66.9 Å². The molecule has 0 N–H and O–H groups in total. The highest BCUT2D eigenvalue weighted by Crippen LogP contribution is 2.34. The van der Waals surface area contributed by atoms with Crippen LogP contribution in [0.5, 0.6) is 0 Å². The first kappa shape index (κ1) is 14.3. The summed E-state index contributed by atoms with van der Waals surface area (Å²) in [5, 5.41) is 1.34. The van der Waals surface area contributed by atoms with E-state index in [0.717, 1.165) is 5.06 Å². The average Bonchev–Trinajstić information content (AvgIpc) is 2.52. The van der Waals surface area contributed by atoms with Gasteiger partial charge in [-0.15, -0.1) is 13.2 Å². The SMILES string of the molecule is FC(F)(F)ON(c1ccccc1)c1ccnc2ccccc12. The molecule has 0 bridgehead atoms. The first-order valence-corrected chi connectivity index (χ1v) is 6.49. The molecule has 2 aromatic carbocycles. The highest BCUT2D eigenvalue weighted by Gasteiger charge is 2.35. The highest BCUT2D eigenvalue weighted by atomic mass is 19.4. The Morgan fingerprint density at radius 3 is 2.27 bits per heavy atom. The minimum absolute atomic E-state index is 0.272. The molecule has 22 heavy (non-hydrogen) atoms. The van der Waals surface area contributed by atoms with Gasteiger partial charge in [0.2, 0.25) is 0 Å². The maximum atomic E-state index is 12.8. The summed E-state index contributed by atoms with van der Waals surface area (Å²) >= 11 is 0. The first-order valence-electron chi connectivity index (χ1n) is 6.49. The molecule has 0 unspecified atom stereocenters. The van der Waals surface area contributed by atoms with E-state index in [1.807, 2.05) is 0 Å². The molecule has 3 aromatic rings. The fourth-order valence-electron chi connectivity index (χ4n) is 2.17. The van der Waals surface area contributed by atoms with Crippen LogP contribution in [0.1, 0.15) is 0 Å². The number of alkyl halides is 3. The molecule has 0 radical (unpaired) electrons. The molecular weight excluding hydrogens is 293 g/mol. The van der Waals surface area contributed by atoms with Crippen LogP contribution in [0.4, 0.5) is 24.5 Å². The molecule has 0 amide bonds. The van der Waals surface area contributed by atoms with Crippen LogP contribution in [0, 0.1) is 0 Å². The maximum absolute atomic E-state index is 12.8. The Labute approximate surface area is 124 Å². The molecule has 6 heteroatoms. The minimum Gasteiger partial charge on any atom is -0.256 e. The smallest absolute Gasteiger partial charge is 0.256 e. The number of anilines is 2. The van der Waals surface area contributed by atoms with Gasteiger partial charge in [-0.1, -0.05) is 36.4 Å². The molecule has 0 aliphatic carbocycles. The van der Waals surface area contributed by atoms with Crippen molar-refractivity contribution >= 4 is 22.3 Å². The molecule has 0 fully saturated rings. The van der Waals surface area contributed by atoms with E-state index >= 15 is 0 Å². The number of pyridine rings is 1. The number of hydrogen-bond donors (Lipinski definition) is 0. The summed E-state index contributed by atoms with van der Waals surface area (Å²) in [6, 6.07) is 16.5. The monoisotopic (exact) mass is 304 g/mol. The molecular formula is C16H11F3N2O. The van der Waals surface area contributed by atoms with E-state index in [-0.39, 0.29) is 11.4 Å². The summed E-state index contributed by atoms with van der Waals surface area (Å²) in [6.45, 7) is 0. The van der Waals surface area contributed by atoms with Crippen LogP contribution in [0.15, 0.2) is 66.9 Å². The van der Waals surface area contributed by atoms with Crippen molar-refractivity contribution in [2.75, 3.05) is 5.06 Å². The van der Waals surface area contributed by atoms with E-state index in [4.69, 9.17) is 0 Å². The second-order valence-corrected chi connectivity index (χ2v) is 4.51. The second kappa shape index (κ2) is 5.65. The Kier molecular flexibility index (Phi) is 3.68. The van der Waals surface area contributed by atoms with Crippen LogP contribution in [-0.4, -0.2) is 11.3 Å². The molecule has 3 nitrogen and oxygen atoms in total. The molecule has 0 aliphatic rings. The molecule has 0 atom stereocenters. The van der Waals surface area contributed by atoms with Gasteiger partial charge in [-0.25, -0.2) is 5.06 Å². The maximum Gasteiger partial charge on any atom is 0.544 e. The summed E-state index contributed by atoms with van der Waals surface area (Å²) in [5.41, 5.74) is 1.14. The Morgan fingerprint density at radius 2 is 1.55 bits per heavy atom. The van der Waals surface area contributed by atoms with Gasteiger partial charge >= 0.3 is 6.36 Å². The van der Waals surface area contributed by atoms with Gasteiger partial charge in [-0.2, -0.15) is 4.84 Å². The van der Waals surface area contributed by atoms with Crippen LogP contribution < -0.4 is 5.06 Å². The van der Waals surface area contributed by atoms with Crippen molar-refractivity contribution in [1.82, 2.24) is 4.98 Å². The van der Waals surface area contributed by atoms with Gasteiger partial charge in [0, 0.05) is 11.6 Å². The fourth-order valence-corrected chi connectivity index (χ4v) is 2.17. The van der Waals surface area contributed by atoms with Crippen molar-refractivity contribution in [2.24, 2.45) is 0 Å². The number of aromatic nitrogens is 1. The van der Waals surface area contributed by atoms with E-state index in [0.29, 0.717) is 10.9 Å². The van der Waals surface area contributed by atoms with Crippen LogP contribution in [0.25, 0.3) is 10.9 Å². The molecule has 112 valence electrons. The highest BCUT2D eigenvalue weighted by molar-refractivity contribution is 5.92. The number of nitrogens with zero attached hydrogens (tertiary/aromatic N) is 2. The summed E-state index contributed by atoms with van der Waals surface area (Å²) < 4.78 is 38.4. The third-order valence-corrected chi connectivity index (χ3v) is 3.03. The lowest BCUT2D eigenvalue weighted by molar-refractivity contribution is -0.325. The van der Waals surface area contributed by atoms with Gasteiger partial charge in [0.1, 0.15) is 0 Å². The third-order valence-electron chi connectivity index (χ3n) is 3.03. The van der Waals surface area contributed by atoms with E-state index < -0.39 is 6.36 Å². The van der Waals surface area contributed by atoms with E-state index in [1.165, 1.54) is 12.3 Å². The molecule has 3 rings (SSSR count). The molecule has 0 saturated carbocycles. The summed E-state index contributed by atoms with van der Waals surface area (Å²) in [5.74, 6) is 0. The number of fused-ring (bicyclic) bond motifs is 1. The summed E-state index contributed by atoms with van der Waals surface area (Å²) in [6.07, 6.45) is -3.35. The van der Waals surface area contributed by atoms with Crippen molar-refractivity contribution in [2.45, 2.75) is 6.36 Å². The molecule has 1 aromatic heterocycles. The lowest BCUT2D eigenvalue weighted by Gasteiger charge is -2.25. The van der Waals surface area contributed by atoms with Crippen molar-refractivity contribution in [1.29, 1.82) is 0 Å². The standard InChI is InChI=1S/C16H11F3N2O/c17-16(18,19)22-21(12-6-2-1-3-7-12)15-10-11-20-14-9-5-4-8-13(14)15/h1-11H. The van der Waals surface area contributed by atoms with Crippen LogP contribution in [-0.2, 0) is 4.84 Å². The van der Waals surface area contributed by atoms with Crippen molar-refractivity contribution in [3.63, 3.8) is 0 Å². The van der Waals surface area contributed by atoms with Gasteiger partial charge < -0.3 is 0 Å². The molecule has 1 heterocycles. The Morgan fingerprint density at radius 1 is 0.864 bits per heavy atom. The second-order valence-electron chi connectivity index (χ2n) is 4.51. The van der Waals surface area contributed by atoms with E-state index in [2.05, 4.69) is 9.82 Å². The van der Waals surface area contributed by atoms with Crippen molar-refractivity contribution < 1.29 is 18.0 Å². The van der Waals surface area contributed by atoms with Gasteiger partial charge in [0.05, 0.1) is 16.9 Å². The van der Waals surface area contributed by atoms with Crippen LogP contribution >= 0.6 is 0 Å². The van der Waals surface area contributed by atoms with Gasteiger partial charge in [0.25, 0.3) is 0 Å². The zero-order valence-electron chi connectivity index (χ0n) is 11.3. The molecule has 0 spiro atoms. The zero-order chi connectivity index (χ0) is 15.6. The average molecular weight is 304 g/mol. The Hall–Kier alpha value is -2.60. The van der Waals surface area contributed by atoms with E-state index in [1.54, 1.807) is 54.6 Å². The quantitative estimate of drug-likeness (QED) is 0.648. The molecule has 0 aliphatic heterocycles. The van der Waals surface area contributed by atoms with E-state index in [9.17, 15) is 13.2 Å². The Balaban J connectivity index is 2.16. The predicted molar refractivity (Wildman–Crippen MR) is 77.5 cm³/mol. The lowest BCUT2D eigenvalue weighted by atomic mass is 10.2. The van der Waals surface area contributed by atoms with Gasteiger partial charge in [-0.3, -0.25) is 4.98 Å². The third kappa shape index (κ3) is 3.01. The predicted octanol–water partition coefficient (Wildman–Crippen LogP) is 4.82. The number of rotatable bonds is 3. The summed E-state index contributed by atoms with van der Waals surface area (Å²) in [4.78, 5) is 8.37. The largest absolute Gasteiger partial charge is 0.544 e. The summed E-state index contributed by atoms with van der Waals surface area (Å²) in [7, 11) is 0. The first-order chi connectivity index (χ1) is 10.5. The number of hydrogen-bond acceptors (Lipinski definition) is 3.